The quantitative estimate of drug-likeness (QED) is 0.899. The van der Waals surface area contributed by atoms with Crippen LogP contribution in [-0.4, -0.2) is 34.6 Å². The van der Waals surface area contributed by atoms with E-state index in [0.717, 1.165) is 5.56 Å². The molecule has 1 aliphatic heterocycles. The Morgan fingerprint density at radius 1 is 1.36 bits per heavy atom. The molecule has 2 rings (SSSR count). The Balaban J connectivity index is 2.19. The lowest BCUT2D eigenvalue weighted by atomic mass is 9.87. The maximum Gasteiger partial charge on any atom is 0.408 e. The van der Waals surface area contributed by atoms with E-state index in [9.17, 15) is 9.59 Å². The van der Waals surface area contributed by atoms with Crippen LogP contribution in [0.5, 0.6) is 0 Å². The molecule has 25 heavy (non-hydrogen) atoms. The van der Waals surface area contributed by atoms with Crippen molar-refractivity contribution >= 4 is 12.0 Å². The van der Waals surface area contributed by atoms with Crippen molar-refractivity contribution in [3.63, 3.8) is 0 Å². The maximum atomic E-state index is 13.0. The first-order valence-electron chi connectivity index (χ1n) is 8.94. The highest BCUT2D eigenvalue weighted by Crippen LogP contribution is 2.36. The summed E-state index contributed by atoms with van der Waals surface area (Å²) in [5, 5.41) is 2.96. The second kappa shape index (κ2) is 7.06. The molecule has 2 unspecified atom stereocenters. The molecule has 0 aromatic heterocycles. The van der Waals surface area contributed by atoms with Gasteiger partial charge in [0.05, 0.1) is 17.5 Å². The average molecular weight is 346 g/mol. The fraction of sp³-hybridized carbons (Fsp3) is 0.600. The fourth-order valence-corrected chi connectivity index (χ4v) is 3.54. The minimum absolute atomic E-state index is 0.0370. The molecule has 1 fully saturated rings. The molecule has 0 aliphatic carbocycles. The third-order valence-corrected chi connectivity index (χ3v) is 4.79. The molecular weight excluding hydrogens is 316 g/mol. The molecule has 0 saturated carbocycles. The van der Waals surface area contributed by atoms with Crippen LogP contribution < -0.4 is 5.32 Å². The van der Waals surface area contributed by atoms with Crippen LogP contribution in [0.15, 0.2) is 30.3 Å². The smallest absolute Gasteiger partial charge is 0.408 e. The van der Waals surface area contributed by atoms with Gasteiger partial charge in [0.25, 0.3) is 0 Å². The highest BCUT2D eigenvalue weighted by atomic mass is 16.6. The van der Waals surface area contributed by atoms with Gasteiger partial charge in [0, 0.05) is 6.54 Å². The molecule has 1 saturated heterocycles. The summed E-state index contributed by atoms with van der Waals surface area (Å²) < 4.78 is 5.39. The number of carbonyl (C=O) groups excluding carboxylic acids is 2. The Bertz CT molecular complexity index is 624. The van der Waals surface area contributed by atoms with E-state index in [1.807, 2.05) is 76.8 Å². The van der Waals surface area contributed by atoms with Crippen LogP contribution in [0.2, 0.25) is 0 Å². The van der Waals surface area contributed by atoms with Gasteiger partial charge in [0.2, 0.25) is 5.91 Å². The van der Waals surface area contributed by atoms with Crippen molar-refractivity contribution in [2.24, 2.45) is 5.92 Å². The van der Waals surface area contributed by atoms with Gasteiger partial charge in [-0.2, -0.15) is 0 Å². The molecule has 1 aromatic rings. The molecule has 5 heteroatoms. The molecule has 1 heterocycles. The molecule has 1 aromatic carbocycles. The highest BCUT2D eigenvalue weighted by Gasteiger charge is 2.50. The second-order valence-corrected chi connectivity index (χ2v) is 8.06. The Kier molecular flexibility index (Phi) is 5.45. The lowest BCUT2D eigenvalue weighted by molar-refractivity contribution is -0.133. The molecule has 1 N–H and O–H groups in total. The topological polar surface area (TPSA) is 58.6 Å². The third kappa shape index (κ3) is 4.33. The largest absolute Gasteiger partial charge is 0.444 e. The summed E-state index contributed by atoms with van der Waals surface area (Å²) in [5.41, 5.74) is -0.119. The number of hydrogen-bond acceptors (Lipinski definition) is 3. The van der Waals surface area contributed by atoms with Crippen molar-refractivity contribution in [1.29, 1.82) is 0 Å². The Labute approximate surface area is 150 Å². The number of carbonyl (C=O) groups is 2. The van der Waals surface area contributed by atoms with E-state index in [4.69, 9.17) is 4.74 Å². The SMILES string of the molecule is CCC1C(=O)N([C@H](C)c2ccccc2)CC1(C)NC(=O)OC(C)(C)C. The molecule has 5 nitrogen and oxygen atoms in total. The van der Waals surface area contributed by atoms with Crippen LogP contribution in [0.25, 0.3) is 0 Å². The maximum absolute atomic E-state index is 13.0. The van der Waals surface area contributed by atoms with E-state index in [2.05, 4.69) is 5.32 Å². The van der Waals surface area contributed by atoms with Gasteiger partial charge < -0.3 is 15.0 Å². The summed E-state index contributed by atoms with van der Waals surface area (Å²) in [6.45, 7) is 11.9. The Morgan fingerprint density at radius 2 is 1.96 bits per heavy atom. The van der Waals surface area contributed by atoms with E-state index in [-0.39, 0.29) is 17.9 Å². The minimum Gasteiger partial charge on any atom is -0.444 e. The number of hydrogen-bond donors (Lipinski definition) is 1. The van der Waals surface area contributed by atoms with Gasteiger partial charge in [0.15, 0.2) is 0 Å². The molecular formula is C20H30N2O3. The lowest BCUT2D eigenvalue weighted by Crippen LogP contribution is -2.53. The Morgan fingerprint density at radius 3 is 2.48 bits per heavy atom. The van der Waals surface area contributed by atoms with Gasteiger partial charge in [0.1, 0.15) is 5.60 Å². The Hall–Kier alpha value is -2.04. The zero-order chi connectivity index (χ0) is 18.8. The fourth-order valence-electron chi connectivity index (χ4n) is 3.54. The number of likely N-dealkylation sites (tertiary alicyclic amines) is 1. The summed E-state index contributed by atoms with van der Waals surface area (Å²) in [6, 6.07) is 9.92. The average Bonchev–Trinajstić information content (AvgIpc) is 2.75. The molecule has 2 amide bonds. The number of alkyl carbamates (subject to hydrolysis) is 1. The summed E-state index contributed by atoms with van der Waals surface area (Å²) >= 11 is 0. The first-order valence-corrected chi connectivity index (χ1v) is 8.94. The van der Waals surface area contributed by atoms with Crippen molar-refractivity contribution in [2.45, 2.75) is 65.1 Å². The van der Waals surface area contributed by atoms with Crippen molar-refractivity contribution in [2.75, 3.05) is 6.54 Å². The summed E-state index contributed by atoms with van der Waals surface area (Å²) in [6.07, 6.45) is 0.193. The zero-order valence-corrected chi connectivity index (χ0v) is 16.1. The number of nitrogens with one attached hydrogen (secondary N) is 1. The predicted molar refractivity (Wildman–Crippen MR) is 98.1 cm³/mol. The number of nitrogens with zero attached hydrogens (tertiary/aromatic N) is 1. The van der Waals surface area contributed by atoms with E-state index in [0.29, 0.717) is 13.0 Å². The number of amides is 2. The van der Waals surface area contributed by atoms with Gasteiger partial charge >= 0.3 is 6.09 Å². The zero-order valence-electron chi connectivity index (χ0n) is 16.1. The molecule has 0 radical (unpaired) electrons. The predicted octanol–water partition coefficient (Wildman–Crippen LogP) is 3.90. The van der Waals surface area contributed by atoms with Crippen molar-refractivity contribution < 1.29 is 14.3 Å². The first kappa shape index (κ1) is 19.3. The number of ether oxygens (including phenoxy) is 1. The van der Waals surface area contributed by atoms with Crippen molar-refractivity contribution in [1.82, 2.24) is 10.2 Å². The van der Waals surface area contributed by atoms with E-state index < -0.39 is 17.2 Å². The van der Waals surface area contributed by atoms with E-state index in [1.165, 1.54) is 0 Å². The number of benzene rings is 1. The molecule has 0 bridgehead atoms. The van der Waals surface area contributed by atoms with Gasteiger partial charge in [-0.15, -0.1) is 0 Å². The van der Waals surface area contributed by atoms with Gasteiger partial charge in [-0.05, 0) is 46.6 Å². The third-order valence-electron chi connectivity index (χ3n) is 4.79. The highest BCUT2D eigenvalue weighted by molar-refractivity contribution is 5.85. The monoisotopic (exact) mass is 346 g/mol. The molecule has 3 atom stereocenters. The van der Waals surface area contributed by atoms with Gasteiger partial charge in [-0.3, -0.25) is 4.79 Å². The van der Waals surface area contributed by atoms with Crippen LogP contribution in [0.4, 0.5) is 4.79 Å². The standard InChI is InChI=1S/C20H30N2O3/c1-7-16-17(23)22(14(2)15-11-9-8-10-12-15)13-20(16,6)21-18(24)25-19(3,4)5/h8-12,14,16H,7,13H2,1-6H3,(H,21,24)/t14-,16?,20?/m1/s1. The van der Waals surface area contributed by atoms with Crippen LogP contribution in [0.1, 0.15) is 59.6 Å². The number of rotatable bonds is 4. The van der Waals surface area contributed by atoms with E-state index >= 15 is 0 Å². The minimum atomic E-state index is -0.642. The second-order valence-electron chi connectivity index (χ2n) is 8.06. The van der Waals surface area contributed by atoms with Crippen LogP contribution in [0.3, 0.4) is 0 Å². The van der Waals surface area contributed by atoms with Gasteiger partial charge in [-0.25, -0.2) is 4.79 Å². The van der Waals surface area contributed by atoms with Crippen molar-refractivity contribution in [3.8, 4) is 0 Å². The van der Waals surface area contributed by atoms with Crippen LogP contribution in [0, 0.1) is 5.92 Å². The summed E-state index contributed by atoms with van der Waals surface area (Å²) in [5.74, 6) is -0.177. The molecule has 0 spiro atoms. The molecule has 138 valence electrons. The summed E-state index contributed by atoms with van der Waals surface area (Å²) in [4.78, 5) is 27.1. The van der Waals surface area contributed by atoms with E-state index in [1.54, 1.807) is 0 Å². The summed E-state index contributed by atoms with van der Waals surface area (Å²) in [7, 11) is 0. The van der Waals surface area contributed by atoms with Gasteiger partial charge in [-0.1, -0.05) is 37.3 Å². The normalized spacial score (nSPS) is 25.0. The molecule has 1 aliphatic rings. The van der Waals surface area contributed by atoms with Crippen LogP contribution in [-0.2, 0) is 9.53 Å². The van der Waals surface area contributed by atoms with Crippen LogP contribution >= 0.6 is 0 Å². The lowest BCUT2D eigenvalue weighted by Gasteiger charge is -2.32. The van der Waals surface area contributed by atoms with Crippen molar-refractivity contribution in [3.05, 3.63) is 35.9 Å². The first-order chi connectivity index (χ1) is 11.6.